The zero-order chi connectivity index (χ0) is 11.7. The Balaban J connectivity index is 2.33. The molecular formula is C12H12ClNO2. The molecule has 3 nitrogen and oxygen atoms in total. The second kappa shape index (κ2) is 4.26. The SMILES string of the molecule is CC(Cl)C(=O)c1ccc2c(c1)CCC(=O)N2. The number of halogens is 1. The summed E-state index contributed by atoms with van der Waals surface area (Å²) in [6, 6.07) is 5.28. The van der Waals surface area contributed by atoms with Gasteiger partial charge in [-0.2, -0.15) is 0 Å². The van der Waals surface area contributed by atoms with E-state index >= 15 is 0 Å². The standard InChI is InChI=1S/C12H12ClNO2/c1-7(13)12(16)9-2-4-10-8(6-9)3-5-11(15)14-10/h2,4,6-7H,3,5H2,1H3,(H,14,15). The fraction of sp³-hybridized carbons (Fsp3) is 0.333. The lowest BCUT2D eigenvalue weighted by atomic mass is 9.98. The van der Waals surface area contributed by atoms with Gasteiger partial charge in [-0.05, 0) is 37.1 Å². The van der Waals surface area contributed by atoms with Crippen molar-refractivity contribution < 1.29 is 9.59 Å². The van der Waals surface area contributed by atoms with Gasteiger partial charge in [-0.3, -0.25) is 9.59 Å². The molecule has 0 saturated carbocycles. The molecule has 0 bridgehead atoms. The number of nitrogens with one attached hydrogen (secondary N) is 1. The van der Waals surface area contributed by atoms with Crippen LogP contribution < -0.4 is 5.32 Å². The number of carbonyl (C=O) groups is 2. The highest BCUT2D eigenvalue weighted by atomic mass is 35.5. The summed E-state index contributed by atoms with van der Waals surface area (Å²) in [6.07, 6.45) is 1.15. The molecule has 1 atom stereocenters. The van der Waals surface area contributed by atoms with Crippen LogP contribution in [0.2, 0.25) is 0 Å². The zero-order valence-corrected chi connectivity index (χ0v) is 9.67. The average Bonchev–Trinajstić information content (AvgIpc) is 2.27. The van der Waals surface area contributed by atoms with Crippen molar-refractivity contribution in [2.75, 3.05) is 5.32 Å². The third-order valence-electron chi connectivity index (χ3n) is 2.65. The summed E-state index contributed by atoms with van der Waals surface area (Å²) in [5, 5.41) is 2.25. The Morgan fingerprint density at radius 3 is 2.88 bits per heavy atom. The second-order valence-corrected chi connectivity index (χ2v) is 4.56. The number of ketones is 1. The van der Waals surface area contributed by atoms with E-state index in [0.29, 0.717) is 18.4 Å². The van der Waals surface area contributed by atoms with Gasteiger partial charge in [-0.25, -0.2) is 0 Å². The molecule has 4 heteroatoms. The number of anilines is 1. The van der Waals surface area contributed by atoms with Crippen molar-refractivity contribution in [2.24, 2.45) is 0 Å². The topological polar surface area (TPSA) is 46.2 Å². The van der Waals surface area contributed by atoms with Crippen LogP contribution in [-0.4, -0.2) is 17.1 Å². The molecular weight excluding hydrogens is 226 g/mol. The van der Waals surface area contributed by atoms with Crippen LogP contribution in [0.5, 0.6) is 0 Å². The van der Waals surface area contributed by atoms with Gasteiger partial charge in [0.1, 0.15) is 0 Å². The molecule has 0 aliphatic carbocycles. The number of benzene rings is 1. The lowest BCUT2D eigenvalue weighted by molar-refractivity contribution is -0.116. The van der Waals surface area contributed by atoms with Crippen molar-refractivity contribution in [1.29, 1.82) is 0 Å². The molecule has 0 fully saturated rings. The van der Waals surface area contributed by atoms with Gasteiger partial charge >= 0.3 is 0 Å². The summed E-state index contributed by atoms with van der Waals surface area (Å²) in [5.41, 5.74) is 2.41. The summed E-state index contributed by atoms with van der Waals surface area (Å²) in [4.78, 5) is 22.8. The minimum Gasteiger partial charge on any atom is -0.326 e. The van der Waals surface area contributed by atoms with Crippen LogP contribution in [0.4, 0.5) is 5.69 Å². The Hall–Kier alpha value is -1.35. The van der Waals surface area contributed by atoms with E-state index in [1.807, 2.05) is 6.07 Å². The first-order chi connectivity index (χ1) is 7.58. The summed E-state index contributed by atoms with van der Waals surface area (Å²) in [5.74, 6) is -0.0568. The van der Waals surface area contributed by atoms with Crippen molar-refractivity contribution >= 4 is 29.0 Å². The van der Waals surface area contributed by atoms with Crippen molar-refractivity contribution in [3.63, 3.8) is 0 Å². The van der Waals surface area contributed by atoms with E-state index in [4.69, 9.17) is 11.6 Å². The molecule has 1 amide bonds. The molecule has 1 unspecified atom stereocenters. The fourth-order valence-corrected chi connectivity index (χ4v) is 1.89. The molecule has 1 aromatic rings. The molecule has 1 aromatic carbocycles. The van der Waals surface area contributed by atoms with E-state index < -0.39 is 5.38 Å². The highest BCUT2D eigenvalue weighted by Gasteiger charge is 2.18. The number of Topliss-reactive ketones (excluding diaryl/α,β-unsaturated/α-hetero) is 1. The minimum atomic E-state index is -0.517. The maximum Gasteiger partial charge on any atom is 0.224 e. The van der Waals surface area contributed by atoms with Crippen molar-refractivity contribution in [2.45, 2.75) is 25.1 Å². The first kappa shape index (κ1) is 11.1. The number of carbonyl (C=O) groups excluding carboxylic acids is 2. The zero-order valence-electron chi connectivity index (χ0n) is 8.92. The van der Waals surface area contributed by atoms with E-state index in [1.54, 1.807) is 19.1 Å². The number of amides is 1. The van der Waals surface area contributed by atoms with Gasteiger partial charge in [0.25, 0.3) is 0 Å². The van der Waals surface area contributed by atoms with E-state index in [1.165, 1.54) is 0 Å². The van der Waals surface area contributed by atoms with Crippen LogP contribution in [-0.2, 0) is 11.2 Å². The van der Waals surface area contributed by atoms with Crippen LogP contribution in [0.3, 0.4) is 0 Å². The summed E-state index contributed by atoms with van der Waals surface area (Å²) in [6.45, 7) is 1.66. The molecule has 2 rings (SSSR count). The molecule has 84 valence electrons. The van der Waals surface area contributed by atoms with Crippen molar-refractivity contribution in [1.82, 2.24) is 0 Å². The number of aryl methyl sites for hydroxylation is 1. The maximum absolute atomic E-state index is 11.7. The van der Waals surface area contributed by atoms with E-state index in [-0.39, 0.29) is 11.7 Å². The third kappa shape index (κ3) is 2.09. The van der Waals surface area contributed by atoms with Gasteiger partial charge < -0.3 is 5.32 Å². The van der Waals surface area contributed by atoms with Crippen molar-refractivity contribution in [3.8, 4) is 0 Å². The predicted molar refractivity (Wildman–Crippen MR) is 63.0 cm³/mol. The summed E-state index contributed by atoms with van der Waals surface area (Å²) in [7, 11) is 0. The Labute approximate surface area is 98.8 Å². The number of hydrogen-bond acceptors (Lipinski definition) is 2. The predicted octanol–water partition coefficient (Wildman–Crippen LogP) is 2.38. The second-order valence-electron chi connectivity index (χ2n) is 3.90. The molecule has 1 N–H and O–H groups in total. The largest absolute Gasteiger partial charge is 0.326 e. The number of rotatable bonds is 2. The number of fused-ring (bicyclic) bond motifs is 1. The fourth-order valence-electron chi connectivity index (χ4n) is 1.77. The van der Waals surface area contributed by atoms with E-state index in [2.05, 4.69) is 5.32 Å². The summed E-state index contributed by atoms with van der Waals surface area (Å²) >= 11 is 5.75. The Bertz CT molecular complexity index is 454. The van der Waals surface area contributed by atoms with Gasteiger partial charge in [0, 0.05) is 17.7 Å². The molecule has 1 heterocycles. The first-order valence-corrected chi connectivity index (χ1v) is 5.62. The lowest BCUT2D eigenvalue weighted by Crippen LogP contribution is -2.20. The molecule has 0 saturated heterocycles. The van der Waals surface area contributed by atoms with Crippen LogP contribution >= 0.6 is 11.6 Å². The molecule has 16 heavy (non-hydrogen) atoms. The molecule has 0 aromatic heterocycles. The van der Waals surface area contributed by atoms with E-state index in [9.17, 15) is 9.59 Å². The van der Waals surface area contributed by atoms with Gasteiger partial charge in [-0.1, -0.05) is 0 Å². The van der Waals surface area contributed by atoms with Gasteiger partial charge in [0.2, 0.25) is 5.91 Å². The molecule has 1 aliphatic rings. The highest BCUT2D eigenvalue weighted by Crippen LogP contribution is 2.24. The highest BCUT2D eigenvalue weighted by molar-refractivity contribution is 6.33. The first-order valence-electron chi connectivity index (χ1n) is 5.19. The van der Waals surface area contributed by atoms with Crippen molar-refractivity contribution in [3.05, 3.63) is 29.3 Å². The number of alkyl halides is 1. The van der Waals surface area contributed by atoms with Crippen LogP contribution in [0, 0.1) is 0 Å². The number of hydrogen-bond donors (Lipinski definition) is 1. The Kier molecular flexibility index (Phi) is 2.97. The molecule has 0 radical (unpaired) electrons. The van der Waals surface area contributed by atoms with Gasteiger partial charge in [0.05, 0.1) is 5.38 Å². The lowest BCUT2D eigenvalue weighted by Gasteiger charge is -2.17. The molecule has 1 aliphatic heterocycles. The Morgan fingerprint density at radius 2 is 2.19 bits per heavy atom. The van der Waals surface area contributed by atoms with Gasteiger partial charge in [0.15, 0.2) is 5.78 Å². The van der Waals surface area contributed by atoms with Gasteiger partial charge in [-0.15, -0.1) is 11.6 Å². The molecule has 0 spiro atoms. The quantitative estimate of drug-likeness (QED) is 0.634. The minimum absolute atomic E-state index is 0.0253. The third-order valence-corrected chi connectivity index (χ3v) is 2.84. The van der Waals surface area contributed by atoms with E-state index in [0.717, 1.165) is 11.3 Å². The average molecular weight is 238 g/mol. The monoisotopic (exact) mass is 237 g/mol. The van der Waals surface area contributed by atoms with Crippen LogP contribution in [0.15, 0.2) is 18.2 Å². The van der Waals surface area contributed by atoms with Crippen LogP contribution in [0.1, 0.15) is 29.3 Å². The smallest absolute Gasteiger partial charge is 0.224 e. The normalized spacial score (nSPS) is 16.2. The van der Waals surface area contributed by atoms with Crippen LogP contribution in [0.25, 0.3) is 0 Å². The maximum atomic E-state index is 11.7. The Morgan fingerprint density at radius 1 is 1.44 bits per heavy atom. The summed E-state index contributed by atoms with van der Waals surface area (Å²) < 4.78 is 0.